The van der Waals surface area contributed by atoms with E-state index in [4.69, 9.17) is 4.42 Å². The topological polar surface area (TPSA) is 54.3 Å². The van der Waals surface area contributed by atoms with E-state index in [-0.39, 0.29) is 5.91 Å². The smallest absolute Gasteiger partial charge is 0.293 e. The van der Waals surface area contributed by atoms with E-state index in [2.05, 4.69) is 17.6 Å². The first-order chi connectivity index (χ1) is 13.3. The summed E-state index contributed by atoms with van der Waals surface area (Å²) in [5.41, 5.74) is 2.26. The lowest BCUT2D eigenvalue weighted by molar-refractivity contribution is 0.0999. The summed E-state index contributed by atoms with van der Waals surface area (Å²) in [7, 11) is 0. The predicted molar refractivity (Wildman–Crippen MR) is 112 cm³/mol. The molecule has 0 saturated heterocycles. The predicted octanol–water partition coefficient (Wildman–Crippen LogP) is 6.46. The molecule has 3 aromatic rings. The molecular weight excluding hydrogens is 336 g/mol. The van der Waals surface area contributed by atoms with Crippen molar-refractivity contribution in [3.05, 3.63) is 60.4 Å². The molecule has 1 aromatic heterocycles. The molecule has 0 atom stereocenters. The molecule has 4 heteroatoms. The quantitative estimate of drug-likeness (QED) is 0.406. The molecule has 1 amide bonds. The number of furan rings is 1. The van der Waals surface area contributed by atoms with Gasteiger partial charge in [-0.1, -0.05) is 69.4 Å². The molecule has 27 heavy (non-hydrogen) atoms. The number of carbonyl (C=O) groups is 1. The maximum atomic E-state index is 12.8. The number of anilines is 2. The summed E-state index contributed by atoms with van der Waals surface area (Å²) in [6.45, 7) is 3.06. The van der Waals surface area contributed by atoms with Crippen molar-refractivity contribution in [3.63, 3.8) is 0 Å². The van der Waals surface area contributed by atoms with E-state index in [0.29, 0.717) is 5.76 Å². The van der Waals surface area contributed by atoms with Crippen LogP contribution in [0, 0.1) is 0 Å². The minimum absolute atomic E-state index is 0.233. The van der Waals surface area contributed by atoms with E-state index >= 15 is 0 Å². The second-order valence-corrected chi connectivity index (χ2v) is 6.82. The van der Waals surface area contributed by atoms with E-state index in [9.17, 15) is 4.79 Å². The standard InChI is InChI=1S/C23H28N2O2/c1-2-3-4-5-6-12-17-24-21-19-15-10-11-16-20(19)27-22(21)23(26)25-18-13-8-7-9-14-18/h7-11,13-16,24H,2-6,12,17H2,1H3,(H,25,26). The summed E-state index contributed by atoms with van der Waals surface area (Å²) in [4.78, 5) is 12.8. The van der Waals surface area contributed by atoms with Gasteiger partial charge in [-0.25, -0.2) is 0 Å². The average Bonchev–Trinajstić information content (AvgIpc) is 3.07. The zero-order valence-corrected chi connectivity index (χ0v) is 16.0. The van der Waals surface area contributed by atoms with Crippen LogP contribution in [-0.2, 0) is 0 Å². The number of rotatable bonds is 10. The van der Waals surface area contributed by atoms with Gasteiger partial charge in [0.15, 0.2) is 0 Å². The normalized spacial score (nSPS) is 10.9. The first kappa shape index (κ1) is 19.0. The Kier molecular flexibility index (Phi) is 6.91. The molecule has 1 heterocycles. The first-order valence-corrected chi connectivity index (χ1v) is 9.91. The molecule has 0 radical (unpaired) electrons. The van der Waals surface area contributed by atoms with Gasteiger partial charge >= 0.3 is 0 Å². The van der Waals surface area contributed by atoms with Gasteiger partial charge in [0.25, 0.3) is 5.91 Å². The lowest BCUT2D eigenvalue weighted by Gasteiger charge is -2.08. The molecule has 4 nitrogen and oxygen atoms in total. The third kappa shape index (κ3) is 5.13. The van der Waals surface area contributed by atoms with Gasteiger partial charge in [0.05, 0.1) is 5.69 Å². The van der Waals surface area contributed by atoms with Crippen molar-refractivity contribution in [2.75, 3.05) is 17.2 Å². The lowest BCUT2D eigenvalue weighted by atomic mass is 10.1. The maximum absolute atomic E-state index is 12.8. The second kappa shape index (κ2) is 9.81. The number of hydrogen-bond acceptors (Lipinski definition) is 3. The third-order valence-corrected chi connectivity index (χ3v) is 4.67. The monoisotopic (exact) mass is 364 g/mol. The van der Waals surface area contributed by atoms with E-state index in [0.717, 1.165) is 35.3 Å². The Morgan fingerprint density at radius 2 is 1.59 bits per heavy atom. The number of carbonyl (C=O) groups excluding carboxylic acids is 1. The van der Waals surface area contributed by atoms with Crippen LogP contribution in [-0.4, -0.2) is 12.5 Å². The van der Waals surface area contributed by atoms with E-state index in [1.54, 1.807) is 0 Å². The summed E-state index contributed by atoms with van der Waals surface area (Å²) in [6, 6.07) is 17.2. The molecule has 2 N–H and O–H groups in total. The molecule has 0 unspecified atom stereocenters. The molecule has 0 aliphatic carbocycles. The molecular formula is C23H28N2O2. The molecule has 0 aliphatic rings. The molecule has 142 valence electrons. The Bertz CT molecular complexity index is 855. The number of hydrogen-bond donors (Lipinski definition) is 2. The third-order valence-electron chi connectivity index (χ3n) is 4.67. The van der Waals surface area contributed by atoms with Gasteiger partial charge in [-0.15, -0.1) is 0 Å². The lowest BCUT2D eigenvalue weighted by Crippen LogP contribution is -2.14. The number of para-hydroxylation sites is 2. The van der Waals surface area contributed by atoms with Crippen LogP contribution in [0.2, 0.25) is 0 Å². The molecule has 0 bridgehead atoms. The van der Waals surface area contributed by atoms with E-state index < -0.39 is 0 Å². The van der Waals surface area contributed by atoms with Crippen LogP contribution in [0.4, 0.5) is 11.4 Å². The number of fused-ring (bicyclic) bond motifs is 1. The molecule has 0 aliphatic heterocycles. The fourth-order valence-electron chi connectivity index (χ4n) is 3.21. The maximum Gasteiger partial charge on any atom is 0.293 e. The summed E-state index contributed by atoms with van der Waals surface area (Å²) in [6.07, 6.45) is 7.43. The molecule has 0 spiro atoms. The van der Waals surface area contributed by atoms with Crippen molar-refractivity contribution in [1.29, 1.82) is 0 Å². The van der Waals surface area contributed by atoms with Crippen molar-refractivity contribution < 1.29 is 9.21 Å². The average molecular weight is 364 g/mol. The van der Waals surface area contributed by atoms with Crippen LogP contribution in [0.25, 0.3) is 11.0 Å². The number of unbranched alkanes of at least 4 members (excludes halogenated alkanes) is 5. The van der Waals surface area contributed by atoms with Gasteiger partial charge in [-0.3, -0.25) is 4.79 Å². The summed E-state index contributed by atoms with van der Waals surface area (Å²) in [5.74, 6) is 0.105. The minimum Gasteiger partial charge on any atom is -0.449 e. The van der Waals surface area contributed by atoms with Gasteiger partial charge in [-0.2, -0.15) is 0 Å². The highest BCUT2D eigenvalue weighted by Gasteiger charge is 2.20. The largest absolute Gasteiger partial charge is 0.449 e. The van der Waals surface area contributed by atoms with Crippen molar-refractivity contribution in [3.8, 4) is 0 Å². The van der Waals surface area contributed by atoms with Gasteiger partial charge in [-0.05, 0) is 30.7 Å². The number of amides is 1. The Labute approximate surface area is 161 Å². The molecule has 3 rings (SSSR count). The van der Waals surface area contributed by atoms with Crippen molar-refractivity contribution in [2.45, 2.75) is 45.4 Å². The van der Waals surface area contributed by atoms with Crippen LogP contribution < -0.4 is 10.6 Å². The second-order valence-electron chi connectivity index (χ2n) is 6.82. The van der Waals surface area contributed by atoms with Crippen LogP contribution in [0.15, 0.2) is 59.0 Å². The van der Waals surface area contributed by atoms with Crippen LogP contribution in [0.3, 0.4) is 0 Å². The molecule has 0 fully saturated rings. The van der Waals surface area contributed by atoms with Gasteiger partial charge in [0.2, 0.25) is 5.76 Å². The summed E-state index contributed by atoms with van der Waals surface area (Å²) >= 11 is 0. The van der Waals surface area contributed by atoms with Crippen LogP contribution in [0.1, 0.15) is 56.0 Å². The highest BCUT2D eigenvalue weighted by Crippen LogP contribution is 2.31. The molecule has 2 aromatic carbocycles. The summed E-state index contributed by atoms with van der Waals surface area (Å²) in [5, 5.41) is 7.30. The number of benzene rings is 2. The van der Waals surface area contributed by atoms with Gasteiger partial charge in [0, 0.05) is 17.6 Å². The van der Waals surface area contributed by atoms with Crippen LogP contribution in [0.5, 0.6) is 0 Å². The number of nitrogens with one attached hydrogen (secondary N) is 2. The van der Waals surface area contributed by atoms with Gasteiger partial charge < -0.3 is 15.1 Å². The first-order valence-electron chi connectivity index (χ1n) is 9.91. The van der Waals surface area contributed by atoms with Gasteiger partial charge in [0.1, 0.15) is 5.58 Å². The fourth-order valence-corrected chi connectivity index (χ4v) is 3.21. The highest BCUT2D eigenvalue weighted by molar-refractivity contribution is 6.11. The highest BCUT2D eigenvalue weighted by atomic mass is 16.3. The van der Waals surface area contributed by atoms with E-state index in [1.165, 1.54) is 32.1 Å². The Morgan fingerprint density at radius 3 is 2.41 bits per heavy atom. The van der Waals surface area contributed by atoms with Crippen molar-refractivity contribution in [1.82, 2.24) is 0 Å². The minimum atomic E-state index is -0.233. The van der Waals surface area contributed by atoms with Crippen molar-refractivity contribution in [2.24, 2.45) is 0 Å². The Balaban J connectivity index is 1.69. The Morgan fingerprint density at radius 1 is 0.889 bits per heavy atom. The molecule has 0 saturated carbocycles. The van der Waals surface area contributed by atoms with Crippen molar-refractivity contribution >= 4 is 28.3 Å². The van der Waals surface area contributed by atoms with E-state index in [1.807, 2.05) is 54.6 Å². The fraction of sp³-hybridized carbons (Fsp3) is 0.348. The zero-order valence-electron chi connectivity index (χ0n) is 16.0. The Hall–Kier alpha value is -2.75. The summed E-state index contributed by atoms with van der Waals surface area (Å²) < 4.78 is 5.87. The van der Waals surface area contributed by atoms with Crippen LogP contribution >= 0.6 is 0 Å². The SMILES string of the molecule is CCCCCCCCNc1c(C(=O)Nc2ccccc2)oc2ccccc12. The zero-order chi connectivity index (χ0) is 18.9.